The quantitative estimate of drug-likeness (QED) is 0.799. The fourth-order valence-corrected chi connectivity index (χ4v) is 2.54. The third-order valence-corrected chi connectivity index (χ3v) is 4.13. The lowest BCUT2D eigenvalue weighted by molar-refractivity contribution is 0.0248. The standard InChI is InChI=1S/C19H23NO/c1-3-18(2,21)19(20,14-16-10-6-4-7-11-16)15-17-12-8-5-9-13-17/h3-13,21H,1,14-15,20H2,2H3. The molecule has 0 aliphatic carbocycles. The lowest BCUT2D eigenvalue weighted by Gasteiger charge is -2.41. The van der Waals surface area contributed by atoms with E-state index in [9.17, 15) is 5.11 Å². The zero-order valence-corrected chi connectivity index (χ0v) is 12.5. The van der Waals surface area contributed by atoms with Crippen LogP contribution in [0.1, 0.15) is 18.1 Å². The van der Waals surface area contributed by atoms with Crippen molar-refractivity contribution in [1.82, 2.24) is 0 Å². The Kier molecular flexibility index (Phi) is 4.61. The molecule has 0 radical (unpaired) electrons. The molecular weight excluding hydrogens is 258 g/mol. The van der Waals surface area contributed by atoms with Gasteiger partial charge in [0.15, 0.2) is 0 Å². The number of hydrogen-bond donors (Lipinski definition) is 2. The van der Waals surface area contributed by atoms with E-state index >= 15 is 0 Å². The Hall–Kier alpha value is -1.90. The zero-order chi connectivity index (χ0) is 15.3. The highest BCUT2D eigenvalue weighted by molar-refractivity contribution is 5.27. The normalized spacial score (nSPS) is 14.4. The second kappa shape index (κ2) is 6.25. The van der Waals surface area contributed by atoms with E-state index in [4.69, 9.17) is 5.73 Å². The van der Waals surface area contributed by atoms with Gasteiger partial charge in [-0.3, -0.25) is 0 Å². The predicted octanol–water partition coefficient (Wildman–Crippen LogP) is 3.11. The first-order chi connectivity index (χ1) is 9.97. The molecule has 0 aliphatic heterocycles. The van der Waals surface area contributed by atoms with E-state index < -0.39 is 11.1 Å². The molecule has 1 atom stereocenters. The second-order valence-electron chi connectivity index (χ2n) is 5.83. The molecule has 2 heteroatoms. The van der Waals surface area contributed by atoms with Gasteiger partial charge in [0.05, 0.1) is 11.1 Å². The highest BCUT2D eigenvalue weighted by atomic mass is 16.3. The van der Waals surface area contributed by atoms with Gasteiger partial charge < -0.3 is 10.8 Å². The van der Waals surface area contributed by atoms with Gasteiger partial charge in [-0.25, -0.2) is 0 Å². The summed E-state index contributed by atoms with van der Waals surface area (Å²) in [6, 6.07) is 20.0. The Morgan fingerprint density at radius 2 is 1.33 bits per heavy atom. The van der Waals surface area contributed by atoms with Crippen molar-refractivity contribution in [2.24, 2.45) is 5.73 Å². The topological polar surface area (TPSA) is 46.2 Å². The number of benzene rings is 2. The Morgan fingerprint density at radius 3 is 1.67 bits per heavy atom. The molecule has 2 nitrogen and oxygen atoms in total. The first-order valence-electron chi connectivity index (χ1n) is 7.19. The van der Waals surface area contributed by atoms with Crippen LogP contribution in [-0.2, 0) is 12.8 Å². The van der Waals surface area contributed by atoms with Crippen molar-refractivity contribution in [2.45, 2.75) is 30.9 Å². The van der Waals surface area contributed by atoms with Crippen LogP contribution in [0.25, 0.3) is 0 Å². The summed E-state index contributed by atoms with van der Waals surface area (Å²) >= 11 is 0. The van der Waals surface area contributed by atoms with E-state index in [1.165, 1.54) is 0 Å². The molecular formula is C19H23NO. The Balaban J connectivity index is 2.33. The molecule has 2 rings (SSSR count). The molecule has 0 fully saturated rings. The summed E-state index contributed by atoms with van der Waals surface area (Å²) in [6.45, 7) is 5.48. The Bertz CT molecular complexity index is 534. The molecule has 110 valence electrons. The van der Waals surface area contributed by atoms with Gasteiger partial charge in [0.25, 0.3) is 0 Å². The third-order valence-electron chi connectivity index (χ3n) is 4.13. The summed E-state index contributed by atoms with van der Waals surface area (Å²) < 4.78 is 0. The Morgan fingerprint density at radius 1 is 0.952 bits per heavy atom. The van der Waals surface area contributed by atoms with E-state index in [1.807, 2.05) is 60.7 Å². The lowest BCUT2D eigenvalue weighted by Crippen LogP contribution is -2.61. The van der Waals surface area contributed by atoms with Crippen molar-refractivity contribution in [3.8, 4) is 0 Å². The molecule has 2 aromatic rings. The number of rotatable bonds is 6. The lowest BCUT2D eigenvalue weighted by atomic mass is 9.73. The highest BCUT2D eigenvalue weighted by Gasteiger charge is 2.41. The monoisotopic (exact) mass is 281 g/mol. The number of hydrogen-bond acceptors (Lipinski definition) is 2. The van der Waals surface area contributed by atoms with Crippen LogP contribution < -0.4 is 5.73 Å². The van der Waals surface area contributed by atoms with Gasteiger partial charge in [-0.2, -0.15) is 0 Å². The molecule has 0 aromatic heterocycles. The first kappa shape index (κ1) is 15.5. The van der Waals surface area contributed by atoms with Crippen molar-refractivity contribution in [2.75, 3.05) is 0 Å². The number of aliphatic hydroxyl groups is 1. The third kappa shape index (κ3) is 3.60. The van der Waals surface area contributed by atoms with Gasteiger partial charge in [0.1, 0.15) is 0 Å². The van der Waals surface area contributed by atoms with Gasteiger partial charge in [0, 0.05) is 0 Å². The fraction of sp³-hybridized carbons (Fsp3) is 0.263. The van der Waals surface area contributed by atoms with Crippen LogP contribution >= 0.6 is 0 Å². The van der Waals surface area contributed by atoms with Crippen molar-refractivity contribution in [3.05, 3.63) is 84.4 Å². The van der Waals surface area contributed by atoms with Gasteiger partial charge in [-0.05, 0) is 30.9 Å². The smallest absolute Gasteiger partial charge is 0.0982 e. The molecule has 0 aliphatic rings. The van der Waals surface area contributed by atoms with Gasteiger partial charge in [-0.15, -0.1) is 6.58 Å². The summed E-state index contributed by atoms with van der Waals surface area (Å²) in [6.07, 6.45) is 2.71. The van der Waals surface area contributed by atoms with Crippen LogP contribution in [0.5, 0.6) is 0 Å². The van der Waals surface area contributed by atoms with E-state index in [0.29, 0.717) is 12.8 Å². The average molecular weight is 281 g/mol. The maximum atomic E-state index is 10.7. The molecule has 0 bridgehead atoms. The molecule has 0 heterocycles. The van der Waals surface area contributed by atoms with Gasteiger partial charge in [0.2, 0.25) is 0 Å². The van der Waals surface area contributed by atoms with Crippen molar-refractivity contribution in [3.63, 3.8) is 0 Å². The zero-order valence-electron chi connectivity index (χ0n) is 12.5. The molecule has 2 aromatic carbocycles. The fourth-order valence-electron chi connectivity index (χ4n) is 2.54. The minimum Gasteiger partial charge on any atom is -0.384 e. The van der Waals surface area contributed by atoms with E-state index in [-0.39, 0.29) is 0 Å². The maximum absolute atomic E-state index is 10.7. The molecule has 21 heavy (non-hydrogen) atoms. The minimum absolute atomic E-state index is 0.585. The van der Waals surface area contributed by atoms with Crippen molar-refractivity contribution in [1.29, 1.82) is 0 Å². The van der Waals surface area contributed by atoms with Crippen LogP contribution in [0.2, 0.25) is 0 Å². The molecule has 0 amide bonds. The summed E-state index contributed by atoms with van der Waals surface area (Å²) in [5, 5.41) is 10.7. The summed E-state index contributed by atoms with van der Waals surface area (Å²) in [5.41, 5.74) is 6.89. The average Bonchev–Trinajstić information content (AvgIpc) is 2.49. The minimum atomic E-state index is -1.15. The van der Waals surface area contributed by atoms with Crippen LogP contribution in [-0.4, -0.2) is 16.2 Å². The van der Waals surface area contributed by atoms with Crippen LogP contribution in [0, 0.1) is 0 Å². The molecule has 0 saturated heterocycles. The molecule has 0 spiro atoms. The van der Waals surface area contributed by atoms with Gasteiger partial charge in [-0.1, -0.05) is 66.7 Å². The molecule has 3 N–H and O–H groups in total. The molecule has 1 unspecified atom stereocenters. The van der Waals surface area contributed by atoms with Crippen LogP contribution in [0.15, 0.2) is 73.3 Å². The Labute approximate surface area is 126 Å². The molecule has 0 saturated carbocycles. The summed E-state index contributed by atoms with van der Waals surface area (Å²) in [5.74, 6) is 0. The largest absolute Gasteiger partial charge is 0.384 e. The van der Waals surface area contributed by atoms with E-state index in [1.54, 1.807) is 13.0 Å². The van der Waals surface area contributed by atoms with E-state index in [2.05, 4.69) is 6.58 Å². The van der Waals surface area contributed by atoms with Crippen LogP contribution in [0.3, 0.4) is 0 Å². The number of nitrogens with two attached hydrogens (primary N) is 1. The summed E-state index contributed by atoms with van der Waals surface area (Å²) in [7, 11) is 0. The summed E-state index contributed by atoms with van der Waals surface area (Å²) in [4.78, 5) is 0. The first-order valence-corrected chi connectivity index (χ1v) is 7.19. The second-order valence-corrected chi connectivity index (χ2v) is 5.83. The van der Waals surface area contributed by atoms with Gasteiger partial charge >= 0.3 is 0 Å². The predicted molar refractivity (Wildman–Crippen MR) is 88.0 cm³/mol. The SMILES string of the molecule is C=CC(C)(O)C(N)(Cc1ccccc1)Cc1ccccc1. The maximum Gasteiger partial charge on any atom is 0.0982 e. The van der Waals surface area contributed by atoms with E-state index in [0.717, 1.165) is 11.1 Å². The van der Waals surface area contributed by atoms with Crippen molar-refractivity contribution >= 4 is 0 Å². The van der Waals surface area contributed by atoms with Crippen molar-refractivity contribution < 1.29 is 5.11 Å². The van der Waals surface area contributed by atoms with Crippen LogP contribution in [0.4, 0.5) is 0 Å². The highest BCUT2D eigenvalue weighted by Crippen LogP contribution is 2.29.